The molecule has 0 saturated heterocycles. The minimum atomic E-state index is -0.419. The molecule has 0 fully saturated rings. The molecule has 0 heterocycles. The molecule has 10 heavy (non-hydrogen) atoms. The average molecular weight is 138 g/mol. The molecular weight excluding hydrogens is 128 g/mol. The van der Waals surface area contributed by atoms with Crippen molar-refractivity contribution in [3.63, 3.8) is 0 Å². The van der Waals surface area contributed by atoms with Gasteiger partial charge in [-0.05, 0) is 13.3 Å². The third-order valence-corrected chi connectivity index (χ3v) is 1.10. The van der Waals surface area contributed by atoms with Crippen LogP contribution in [0, 0.1) is 11.3 Å². The van der Waals surface area contributed by atoms with Crippen molar-refractivity contribution < 1.29 is 4.79 Å². The lowest BCUT2D eigenvalue weighted by Crippen LogP contribution is -2.11. The highest BCUT2D eigenvalue weighted by Crippen LogP contribution is 1.95. The molecular formula is C7H10N2O. The Kier molecular flexibility index (Phi) is 3.97. The summed E-state index contributed by atoms with van der Waals surface area (Å²) < 4.78 is 0. The second kappa shape index (κ2) is 4.57. The lowest BCUT2D eigenvalue weighted by atomic mass is 10.2. The first-order valence-electron chi connectivity index (χ1n) is 3.02. The van der Waals surface area contributed by atoms with Gasteiger partial charge in [0.15, 0.2) is 0 Å². The Bertz CT molecular complexity index is 188. The largest absolute Gasteiger partial charge is 0.366 e. The fourth-order valence-electron chi connectivity index (χ4n) is 0.454. The van der Waals surface area contributed by atoms with Crippen LogP contribution >= 0.6 is 0 Å². The average Bonchev–Trinajstić information content (AvgIpc) is 1.88. The van der Waals surface area contributed by atoms with E-state index in [-0.39, 0.29) is 0 Å². The Hall–Kier alpha value is -1.30. The molecule has 0 spiro atoms. The zero-order valence-corrected chi connectivity index (χ0v) is 5.92. The molecule has 0 aliphatic carbocycles. The van der Waals surface area contributed by atoms with E-state index in [1.54, 1.807) is 13.0 Å². The Balaban J connectivity index is 3.72. The highest BCUT2D eigenvalue weighted by molar-refractivity contribution is 5.91. The second-order valence-corrected chi connectivity index (χ2v) is 1.95. The molecule has 54 valence electrons. The van der Waals surface area contributed by atoms with Gasteiger partial charge in [0.2, 0.25) is 5.91 Å². The van der Waals surface area contributed by atoms with Crippen LogP contribution in [-0.2, 0) is 4.79 Å². The molecule has 0 atom stereocenters. The summed E-state index contributed by atoms with van der Waals surface area (Å²) in [6.45, 7) is 1.64. The van der Waals surface area contributed by atoms with Crippen LogP contribution in [-0.4, -0.2) is 5.91 Å². The van der Waals surface area contributed by atoms with Gasteiger partial charge in [-0.15, -0.1) is 0 Å². The number of nitriles is 1. The minimum absolute atomic E-state index is 0.419. The molecule has 3 heteroatoms. The first-order valence-corrected chi connectivity index (χ1v) is 3.02. The fourth-order valence-corrected chi connectivity index (χ4v) is 0.454. The normalized spacial score (nSPS) is 10.6. The number of primary amides is 1. The summed E-state index contributed by atoms with van der Waals surface area (Å²) in [5.74, 6) is -0.419. The SMILES string of the molecule is CC(=CCCC#N)C(N)=O. The third kappa shape index (κ3) is 3.67. The van der Waals surface area contributed by atoms with Crippen LogP contribution in [0.4, 0.5) is 0 Å². The molecule has 3 nitrogen and oxygen atoms in total. The van der Waals surface area contributed by atoms with Gasteiger partial charge in [0.1, 0.15) is 0 Å². The smallest absolute Gasteiger partial charge is 0.244 e. The molecule has 0 aromatic heterocycles. The van der Waals surface area contributed by atoms with Gasteiger partial charge in [0.05, 0.1) is 6.07 Å². The molecule has 0 aliphatic heterocycles. The van der Waals surface area contributed by atoms with Crippen molar-refractivity contribution in [2.24, 2.45) is 5.73 Å². The summed E-state index contributed by atoms with van der Waals surface area (Å²) in [4.78, 5) is 10.4. The van der Waals surface area contributed by atoms with Crippen LogP contribution in [0.5, 0.6) is 0 Å². The number of carbonyl (C=O) groups is 1. The van der Waals surface area contributed by atoms with Crippen molar-refractivity contribution in [1.82, 2.24) is 0 Å². The van der Waals surface area contributed by atoms with E-state index in [0.29, 0.717) is 18.4 Å². The van der Waals surface area contributed by atoms with Crippen LogP contribution in [0.25, 0.3) is 0 Å². The molecule has 1 amide bonds. The van der Waals surface area contributed by atoms with E-state index in [2.05, 4.69) is 0 Å². The maximum absolute atomic E-state index is 10.4. The van der Waals surface area contributed by atoms with Crippen molar-refractivity contribution >= 4 is 5.91 Å². The minimum Gasteiger partial charge on any atom is -0.366 e. The number of hydrogen-bond acceptors (Lipinski definition) is 2. The Morgan fingerprint density at radius 3 is 2.80 bits per heavy atom. The van der Waals surface area contributed by atoms with Gasteiger partial charge in [0.25, 0.3) is 0 Å². The summed E-state index contributed by atoms with van der Waals surface area (Å²) >= 11 is 0. The summed E-state index contributed by atoms with van der Waals surface area (Å²) in [5.41, 5.74) is 5.45. The van der Waals surface area contributed by atoms with Crippen LogP contribution in [0.3, 0.4) is 0 Å². The highest BCUT2D eigenvalue weighted by atomic mass is 16.1. The first-order chi connectivity index (χ1) is 4.68. The number of carbonyl (C=O) groups excluding carboxylic acids is 1. The lowest BCUT2D eigenvalue weighted by molar-refractivity contribution is -0.114. The van der Waals surface area contributed by atoms with Gasteiger partial charge < -0.3 is 5.73 Å². The number of amides is 1. The molecule has 0 aliphatic rings. The number of nitrogens with zero attached hydrogens (tertiary/aromatic N) is 1. The van der Waals surface area contributed by atoms with Crippen LogP contribution in [0.1, 0.15) is 19.8 Å². The molecule has 0 aromatic rings. The standard InChI is InChI=1S/C7H10N2O/c1-6(7(9)10)4-2-3-5-8/h4H,2-3H2,1H3,(H2,9,10). The first kappa shape index (κ1) is 8.70. The van der Waals surface area contributed by atoms with E-state index in [0.717, 1.165) is 0 Å². The van der Waals surface area contributed by atoms with Gasteiger partial charge in [-0.25, -0.2) is 0 Å². The number of nitrogens with two attached hydrogens (primary N) is 1. The number of unbranched alkanes of at least 4 members (excludes halogenated alkanes) is 1. The van der Waals surface area contributed by atoms with E-state index < -0.39 is 5.91 Å². The van der Waals surface area contributed by atoms with Crippen LogP contribution in [0.15, 0.2) is 11.6 Å². The Labute approximate surface area is 60.1 Å². The zero-order valence-electron chi connectivity index (χ0n) is 5.92. The van der Waals surface area contributed by atoms with Crippen LogP contribution in [0.2, 0.25) is 0 Å². The number of hydrogen-bond donors (Lipinski definition) is 1. The molecule has 0 radical (unpaired) electrons. The topological polar surface area (TPSA) is 66.9 Å². The predicted octanol–water partition coefficient (Wildman–Crippen LogP) is 0.722. The molecule has 0 aromatic carbocycles. The number of rotatable bonds is 3. The van der Waals surface area contributed by atoms with Crippen molar-refractivity contribution in [3.05, 3.63) is 11.6 Å². The van der Waals surface area contributed by atoms with E-state index in [1.807, 2.05) is 6.07 Å². The summed E-state index contributed by atoms with van der Waals surface area (Å²) in [6.07, 6.45) is 2.71. The van der Waals surface area contributed by atoms with Gasteiger partial charge >= 0.3 is 0 Å². The zero-order chi connectivity index (χ0) is 7.98. The Morgan fingerprint density at radius 1 is 1.80 bits per heavy atom. The second-order valence-electron chi connectivity index (χ2n) is 1.95. The fraction of sp³-hybridized carbons (Fsp3) is 0.429. The van der Waals surface area contributed by atoms with Gasteiger partial charge in [-0.3, -0.25) is 4.79 Å². The molecule has 2 N–H and O–H groups in total. The summed E-state index contributed by atoms with van der Waals surface area (Å²) in [5, 5.41) is 8.12. The van der Waals surface area contributed by atoms with Crippen molar-refractivity contribution in [2.45, 2.75) is 19.8 Å². The summed E-state index contributed by atoms with van der Waals surface area (Å²) in [6, 6.07) is 1.97. The Morgan fingerprint density at radius 2 is 2.40 bits per heavy atom. The third-order valence-electron chi connectivity index (χ3n) is 1.10. The lowest BCUT2D eigenvalue weighted by Gasteiger charge is -1.90. The quantitative estimate of drug-likeness (QED) is 0.461. The van der Waals surface area contributed by atoms with Gasteiger partial charge in [-0.2, -0.15) is 5.26 Å². The maximum atomic E-state index is 10.4. The van der Waals surface area contributed by atoms with Gasteiger partial charge in [0, 0.05) is 12.0 Å². The number of allylic oxidation sites excluding steroid dienone is 1. The van der Waals surface area contributed by atoms with E-state index in [9.17, 15) is 4.79 Å². The van der Waals surface area contributed by atoms with E-state index >= 15 is 0 Å². The van der Waals surface area contributed by atoms with Crippen molar-refractivity contribution in [1.29, 1.82) is 5.26 Å². The summed E-state index contributed by atoms with van der Waals surface area (Å²) in [7, 11) is 0. The van der Waals surface area contributed by atoms with Gasteiger partial charge in [-0.1, -0.05) is 6.08 Å². The van der Waals surface area contributed by atoms with Crippen molar-refractivity contribution in [3.8, 4) is 6.07 Å². The molecule has 0 unspecified atom stereocenters. The maximum Gasteiger partial charge on any atom is 0.244 e. The molecule has 0 saturated carbocycles. The van der Waals surface area contributed by atoms with Crippen molar-refractivity contribution in [2.75, 3.05) is 0 Å². The monoisotopic (exact) mass is 138 g/mol. The van der Waals surface area contributed by atoms with Crippen LogP contribution < -0.4 is 5.73 Å². The highest BCUT2D eigenvalue weighted by Gasteiger charge is 1.93. The molecule has 0 bridgehead atoms. The predicted molar refractivity (Wildman–Crippen MR) is 37.8 cm³/mol. The molecule has 0 rings (SSSR count). The van der Waals surface area contributed by atoms with E-state index in [1.165, 1.54) is 0 Å². The van der Waals surface area contributed by atoms with E-state index in [4.69, 9.17) is 11.0 Å².